The second-order valence-electron chi connectivity index (χ2n) is 35.0. The van der Waals surface area contributed by atoms with Crippen molar-refractivity contribution in [2.75, 3.05) is 96.1 Å². The third-order valence-electron chi connectivity index (χ3n) is 23.4. The number of hydrogen-bond donors (Lipinski definition) is 19. The molecule has 47 nitrogen and oxygen atoms in total. The van der Waals surface area contributed by atoms with Crippen molar-refractivity contribution >= 4 is 159 Å². The number of halogens is 4. The van der Waals surface area contributed by atoms with E-state index in [0.717, 1.165) is 51.3 Å². The SMILES string of the molecule is COc1cc2cc(c1Cl)N(C)C(=O)CC(OC(=O)C(C)N(C)C(=O)CCC(C)(C)SSC[C@H](NC(=O)[C@H](CC(=O)O)NC(=O)[C@@H](N)CNC(=O)C(CC(=O)O)NC(=O)C(CCCNC(=N)N)NC(=O)C(CC(=O)O)NC(=O)CCOCCOCCNC(=O)CCS(=O)(=O)c1c(F)c(F)c(S(N)(=O)=O)c(F)c1NC1CCCCCCC1)C(=O)O)C1(C)OC1C(C)C1CC(O)(NC(=O)O1)C(OC)/C=C/C=C(/C)C2. The predicted octanol–water partition coefficient (Wildman–Crippen LogP) is 1.09. The zero-order chi connectivity index (χ0) is 106. The summed E-state index contributed by atoms with van der Waals surface area (Å²) in [6.45, 7) is 7.65. The van der Waals surface area contributed by atoms with E-state index in [-0.39, 0.29) is 81.7 Å². The molecule has 2 saturated heterocycles. The number of epoxide rings is 1. The Balaban J connectivity index is 0.984. The third kappa shape index (κ3) is 36.4. The number of guanidine groups is 1. The maximum atomic E-state index is 15.8. The monoisotopic (exact) mass is 2100 g/mol. The van der Waals surface area contributed by atoms with Gasteiger partial charge in [0.05, 0.1) is 82.5 Å². The maximum Gasteiger partial charge on any atom is 0.409 e. The fourth-order valence-corrected chi connectivity index (χ4v) is 20.5. The summed E-state index contributed by atoms with van der Waals surface area (Å²) in [7, 11) is -2.72. The van der Waals surface area contributed by atoms with Gasteiger partial charge in [0.15, 0.2) is 43.9 Å². The molecule has 4 aliphatic rings. The van der Waals surface area contributed by atoms with Gasteiger partial charge in [0, 0.05) is 89.0 Å². The molecule has 3 aliphatic heterocycles. The number of aliphatic hydroxyl groups is 1. The number of ether oxygens (including phenoxy) is 7. The van der Waals surface area contributed by atoms with Gasteiger partial charge in [-0.3, -0.25) is 68.3 Å². The number of esters is 1. The van der Waals surface area contributed by atoms with Crippen LogP contribution < -0.4 is 79.4 Å². The number of sulfonamides is 1. The van der Waals surface area contributed by atoms with Crippen LogP contribution in [0.4, 0.5) is 29.3 Å². The summed E-state index contributed by atoms with van der Waals surface area (Å²) in [6.07, 6.45) is -1.70. The van der Waals surface area contributed by atoms with Crippen LogP contribution >= 0.6 is 33.2 Å². The molecule has 1 aliphatic carbocycles. The molecule has 11 unspecified atom stereocenters. The molecule has 3 heterocycles. The molecule has 4 bridgehead atoms. The lowest BCUT2D eigenvalue weighted by molar-refractivity contribution is -0.162. The molecular formula is C86H126ClF3N16O31S4. The minimum atomic E-state index is -5.26. The number of carboxylic acid groups (broad SMARTS) is 4. The number of benzene rings is 2. The fourth-order valence-electron chi connectivity index (χ4n) is 15.3. The Bertz CT molecular complexity index is 5180. The summed E-state index contributed by atoms with van der Waals surface area (Å²) in [5, 5.41) is 86.9. The molecule has 22 N–H and O–H groups in total. The van der Waals surface area contributed by atoms with Crippen molar-refractivity contribution in [3.63, 3.8) is 0 Å². The number of amides is 10. The number of allylic oxidation sites excluding steroid dienone is 3. The van der Waals surface area contributed by atoms with Gasteiger partial charge in [-0.25, -0.2) is 49.5 Å². The lowest BCUT2D eigenvalue weighted by atomic mass is 9.83. The first-order valence-electron chi connectivity index (χ1n) is 44.8. The Labute approximate surface area is 824 Å². The number of carboxylic acids is 4. The normalized spacial score (nSPS) is 21.3. The van der Waals surface area contributed by atoms with Crippen LogP contribution in [0.15, 0.2) is 45.7 Å². The Morgan fingerprint density at radius 3 is 1.93 bits per heavy atom. The van der Waals surface area contributed by atoms with Gasteiger partial charge in [0.25, 0.3) is 0 Å². The zero-order valence-corrected chi connectivity index (χ0v) is 83.3. The van der Waals surface area contributed by atoms with Crippen LogP contribution in [0, 0.1) is 28.8 Å². The molecular weight excluding hydrogens is 1970 g/mol. The molecule has 14 atom stereocenters. The van der Waals surface area contributed by atoms with Crippen molar-refractivity contribution < 1.29 is 161 Å². The van der Waals surface area contributed by atoms with Gasteiger partial charge >= 0.3 is 35.9 Å². The summed E-state index contributed by atoms with van der Waals surface area (Å²) in [5.74, 6) is -26.4. The highest BCUT2D eigenvalue weighted by Gasteiger charge is 2.65. The molecule has 6 rings (SSSR count). The number of alkyl carbamates (subject to hydrolysis) is 1. The highest BCUT2D eigenvalue weighted by molar-refractivity contribution is 8.77. The number of primary sulfonamides is 1. The average Bonchev–Trinajstić information content (AvgIpc) is 1.59. The Hall–Kier alpha value is -11.0. The molecule has 0 aromatic heterocycles. The van der Waals surface area contributed by atoms with Crippen molar-refractivity contribution in [1.29, 1.82) is 5.41 Å². The van der Waals surface area contributed by atoms with Crippen LogP contribution in [0.3, 0.4) is 0 Å². The number of fused-ring (bicyclic) bond motifs is 5. The number of hydrogen-bond acceptors (Lipinski definition) is 32. The van der Waals surface area contributed by atoms with Gasteiger partial charge in [-0.1, -0.05) is 96.0 Å². The minimum absolute atomic E-state index is 0.0896. The van der Waals surface area contributed by atoms with E-state index in [4.69, 9.17) is 66.8 Å². The summed E-state index contributed by atoms with van der Waals surface area (Å²) >= 11 is 6.85. The number of carbonyl (C=O) groups excluding carboxylic acids is 11. The third-order valence-corrected chi connectivity index (χ3v) is 29.8. The van der Waals surface area contributed by atoms with Crippen molar-refractivity contribution in [1.82, 2.24) is 52.8 Å². The van der Waals surface area contributed by atoms with Crippen LogP contribution in [0.1, 0.15) is 163 Å². The van der Waals surface area contributed by atoms with Gasteiger partial charge in [-0.05, 0) is 90.8 Å². The standard InChI is InChI=1S/C86H126ClF3N16O31S4/c1-44-18-16-22-58(132-10)86(126)41-57(135-83(125)104-86)45(2)74-85(6,137-74)59(40-63(110)106(8)55-35-47(34-44)36-56(131-9)67(55)87)136-81(124)46(3)105(7)62(109)23-26-84(4,5)139-138-43-54(80(122)123)103-79(121)53(39-66(115)116)101-75(117)49(91)42-97-76(118)51(37-64(111)112)102-77(119)50(21-17-27-96-82(92)93)100-78(120)52(38-65(113)114)99-61(108)24-29-133-31-32-134-30-28-95-60(107)25-33-140(127,128)73-69(89)68(88)72(141(94,129)130)70(90)71(73)98-48-19-14-12-11-13-15-20-48/h16,18,22,35-36,45-46,48-54,57-59,74,98,126H,11-15,17,19-21,23-34,37-43,91H2,1-10H3,(H,95,107)(H,97,118)(H,99,108)(H,100,120)(H,101,117)(H,102,119)(H,103,121)(H,104,125)(H,111,112)(H,113,114)(H,115,116)(H,122,123)(H4,92,93,96)(H2,94,129,130)/b22-16+,44-18-/t45?,46?,49-,50?,51?,52?,53-,54-,57?,58?,59?,74?,85?,86?/m0/s1. The molecule has 10 amide bonds. The largest absolute Gasteiger partial charge is 0.495 e. The second kappa shape index (κ2) is 54.5. The van der Waals surface area contributed by atoms with E-state index in [1.165, 1.54) is 40.1 Å². The van der Waals surface area contributed by atoms with E-state index in [1.807, 2.05) is 6.92 Å². The molecule has 0 spiro atoms. The van der Waals surface area contributed by atoms with E-state index in [1.54, 1.807) is 58.1 Å². The van der Waals surface area contributed by atoms with Crippen LogP contribution in [0.2, 0.25) is 5.02 Å². The highest BCUT2D eigenvalue weighted by Crippen LogP contribution is 2.50. The molecule has 3 fully saturated rings. The first-order chi connectivity index (χ1) is 66.0. The van der Waals surface area contributed by atoms with Crippen molar-refractivity contribution in [2.45, 2.75) is 262 Å². The first kappa shape index (κ1) is 119. The van der Waals surface area contributed by atoms with E-state index in [2.05, 4.69) is 53.2 Å². The van der Waals surface area contributed by atoms with Crippen LogP contribution in [0.5, 0.6) is 5.75 Å². The van der Waals surface area contributed by atoms with Gasteiger partial charge < -0.3 is 128 Å². The topological polar surface area (TPSA) is 722 Å². The Kier molecular flexibility index (Phi) is 45.9. The first-order valence-corrected chi connectivity index (χ1v) is 50.7. The zero-order valence-electron chi connectivity index (χ0n) is 79.3. The fraction of sp³-hybridized carbons (Fsp3) is 0.628. The number of sulfone groups is 1. The van der Waals surface area contributed by atoms with Gasteiger partial charge in [0.1, 0.15) is 81.9 Å². The number of rotatable bonds is 51. The smallest absolute Gasteiger partial charge is 0.409 e. The van der Waals surface area contributed by atoms with E-state index < -0.39 is 306 Å². The van der Waals surface area contributed by atoms with Gasteiger partial charge in [-0.15, -0.1) is 0 Å². The van der Waals surface area contributed by atoms with E-state index in [9.17, 15) is 114 Å². The molecule has 788 valence electrons. The molecule has 0 radical (unpaired) electrons. The summed E-state index contributed by atoms with van der Waals surface area (Å²) < 4.78 is 137. The maximum absolute atomic E-state index is 15.8. The number of nitrogens with one attached hydrogen (secondary N) is 11. The van der Waals surface area contributed by atoms with Crippen molar-refractivity contribution in [3.8, 4) is 5.75 Å². The van der Waals surface area contributed by atoms with Crippen LogP contribution in [-0.2, 0) is 122 Å². The van der Waals surface area contributed by atoms with Crippen LogP contribution in [0.25, 0.3) is 0 Å². The molecule has 1 saturated carbocycles. The van der Waals surface area contributed by atoms with E-state index in [0.29, 0.717) is 37.7 Å². The predicted molar refractivity (Wildman–Crippen MR) is 502 cm³/mol. The quantitative estimate of drug-likeness (QED) is 0.00838. The lowest BCUT2D eigenvalue weighted by Gasteiger charge is -2.42. The summed E-state index contributed by atoms with van der Waals surface area (Å²) in [5.41, 5.74) is 8.64. The van der Waals surface area contributed by atoms with Gasteiger partial charge in [0.2, 0.25) is 63.2 Å². The molecule has 2 aromatic rings. The number of methoxy groups -OCH3 is 2. The highest BCUT2D eigenvalue weighted by atomic mass is 35.5. The Morgan fingerprint density at radius 2 is 1.33 bits per heavy atom. The number of anilines is 2. The minimum Gasteiger partial charge on any atom is -0.495 e. The second-order valence-corrected chi connectivity index (χ2v) is 41.9. The lowest BCUT2D eigenvalue weighted by Crippen LogP contribution is -2.63. The molecule has 141 heavy (non-hydrogen) atoms. The average molecular weight is 2100 g/mol. The van der Waals surface area contributed by atoms with Crippen molar-refractivity contribution in [2.24, 2.45) is 22.5 Å². The van der Waals surface area contributed by atoms with E-state index >= 15 is 13.2 Å². The number of nitrogens with two attached hydrogens (primary N) is 3. The van der Waals surface area contributed by atoms with Gasteiger partial charge in [-0.2, -0.15) is 0 Å². The number of nitrogens with zero attached hydrogens (tertiary/aromatic N) is 2. The number of carbonyl (C=O) groups is 15. The Morgan fingerprint density at radius 1 is 0.759 bits per heavy atom. The summed E-state index contributed by atoms with van der Waals surface area (Å²) in [6, 6.07) is -10.0. The van der Waals surface area contributed by atoms with Crippen LogP contribution in [-0.4, -0.2) is 317 Å². The molecule has 55 heteroatoms. The van der Waals surface area contributed by atoms with Crippen molar-refractivity contribution in [3.05, 3.63) is 64.0 Å². The molecule has 2 aromatic carbocycles. The number of likely N-dealkylation sites (N-methyl/N-ethyl adjacent to an activating group) is 1. The number of aliphatic carboxylic acids is 4. The summed E-state index contributed by atoms with van der Waals surface area (Å²) in [4.78, 5) is 199.